The Balaban J connectivity index is 2.36. The van der Waals surface area contributed by atoms with Gasteiger partial charge < -0.3 is 9.88 Å². The van der Waals surface area contributed by atoms with Crippen molar-refractivity contribution in [2.45, 2.75) is 39.8 Å². The highest BCUT2D eigenvalue weighted by atomic mass is 15.1. The number of hydrogen-bond donors (Lipinski definition) is 1. The summed E-state index contributed by atoms with van der Waals surface area (Å²) in [6.45, 7) is 8.23. The molecule has 1 atom stereocenters. The predicted octanol–water partition coefficient (Wildman–Crippen LogP) is 2.70. The molecule has 0 aliphatic carbocycles. The van der Waals surface area contributed by atoms with E-state index < -0.39 is 0 Å². The lowest BCUT2D eigenvalue weighted by atomic mass is 10.1. The number of nitrogens with one attached hydrogen (secondary N) is 1. The molecule has 2 aromatic heterocycles. The first kappa shape index (κ1) is 13.7. The summed E-state index contributed by atoms with van der Waals surface area (Å²) >= 11 is 0. The Labute approximate surface area is 114 Å². The lowest BCUT2D eigenvalue weighted by Gasteiger charge is -2.19. The Kier molecular flexibility index (Phi) is 4.68. The maximum atomic E-state index is 4.54. The van der Waals surface area contributed by atoms with Gasteiger partial charge in [-0.1, -0.05) is 13.8 Å². The average molecular weight is 258 g/mol. The van der Waals surface area contributed by atoms with Crippen LogP contribution >= 0.6 is 0 Å². The van der Waals surface area contributed by atoms with Crippen molar-refractivity contribution in [3.05, 3.63) is 47.8 Å². The highest BCUT2D eigenvalue weighted by Gasteiger charge is 2.18. The van der Waals surface area contributed by atoms with Crippen LogP contribution in [0, 0.1) is 6.92 Å². The molecule has 0 bridgehead atoms. The summed E-state index contributed by atoms with van der Waals surface area (Å²) in [6, 6.07) is 4.32. The molecule has 0 aliphatic rings. The van der Waals surface area contributed by atoms with E-state index in [2.05, 4.69) is 52.0 Å². The third-order valence-electron chi connectivity index (χ3n) is 3.13. The zero-order chi connectivity index (χ0) is 13.7. The summed E-state index contributed by atoms with van der Waals surface area (Å²) in [5.74, 6) is 1.08. The molecule has 19 heavy (non-hydrogen) atoms. The minimum absolute atomic E-state index is 0.133. The fourth-order valence-corrected chi connectivity index (χ4v) is 2.32. The van der Waals surface area contributed by atoms with Crippen molar-refractivity contribution in [1.29, 1.82) is 0 Å². The summed E-state index contributed by atoms with van der Waals surface area (Å²) < 4.78 is 2.23. The lowest BCUT2D eigenvalue weighted by molar-refractivity contribution is 0.543. The molecular weight excluding hydrogens is 236 g/mol. The second kappa shape index (κ2) is 6.48. The average Bonchev–Trinajstić information content (AvgIpc) is 2.84. The van der Waals surface area contributed by atoms with E-state index in [1.54, 1.807) is 0 Å². The van der Waals surface area contributed by atoms with Crippen LogP contribution in [0.3, 0.4) is 0 Å². The Bertz CT molecular complexity index is 518. The van der Waals surface area contributed by atoms with Crippen LogP contribution in [0.5, 0.6) is 0 Å². The van der Waals surface area contributed by atoms with E-state index in [0.29, 0.717) is 0 Å². The van der Waals surface area contributed by atoms with Gasteiger partial charge in [-0.15, -0.1) is 0 Å². The first-order valence-electron chi connectivity index (χ1n) is 6.93. The number of nitrogens with zero attached hydrogens (tertiary/aromatic N) is 3. The van der Waals surface area contributed by atoms with E-state index in [4.69, 9.17) is 0 Å². The van der Waals surface area contributed by atoms with Crippen molar-refractivity contribution in [3.63, 3.8) is 0 Å². The van der Waals surface area contributed by atoms with Gasteiger partial charge in [-0.2, -0.15) is 0 Å². The summed E-state index contributed by atoms with van der Waals surface area (Å²) in [7, 11) is 0. The van der Waals surface area contributed by atoms with Gasteiger partial charge in [-0.05, 0) is 37.6 Å². The van der Waals surface area contributed by atoms with Gasteiger partial charge in [0.15, 0.2) is 0 Å². The molecule has 0 spiro atoms. The second-order valence-corrected chi connectivity index (χ2v) is 4.70. The fraction of sp³-hybridized carbons (Fsp3) is 0.467. The molecular formula is C15H22N4. The zero-order valence-electron chi connectivity index (χ0n) is 11.9. The molecule has 1 unspecified atom stereocenters. The van der Waals surface area contributed by atoms with Crippen LogP contribution in [0.2, 0.25) is 0 Å². The summed E-state index contributed by atoms with van der Waals surface area (Å²) in [4.78, 5) is 8.81. The van der Waals surface area contributed by atoms with Crippen molar-refractivity contribution in [3.8, 4) is 0 Å². The molecule has 2 aromatic rings. The van der Waals surface area contributed by atoms with Crippen LogP contribution in [-0.4, -0.2) is 21.1 Å². The smallest absolute Gasteiger partial charge is 0.130 e. The van der Waals surface area contributed by atoms with E-state index in [1.807, 2.05) is 19.3 Å². The third-order valence-corrected chi connectivity index (χ3v) is 3.13. The largest absolute Gasteiger partial charge is 0.333 e. The number of pyridine rings is 1. The van der Waals surface area contributed by atoms with Gasteiger partial charge in [0.1, 0.15) is 5.82 Å². The monoisotopic (exact) mass is 258 g/mol. The van der Waals surface area contributed by atoms with Crippen molar-refractivity contribution in [2.75, 3.05) is 6.54 Å². The van der Waals surface area contributed by atoms with Gasteiger partial charge >= 0.3 is 0 Å². The van der Waals surface area contributed by atoms with E-state index in [0.717, 1.165) is 31.0 Å². The fourth-order valence-electron chi connectivity index (χ4n) is 2.32. The number of aryl methyl sites for hydroxylation is 2. The van der Waals surface area contributed by atoms with E-state index in [9.17, 15) is 0 Å². The van der Waals surface area contributed by atoms with Crippen molar-refractivity contribution < 1.29 is 0 Å². The molecule has 0 aromatic carbocycles. The molecule has 102 valence electrons. The van der Waals surface area contributed by atoms with Gasteiger partial charge in [-0.25, -0.2) is 4.98 Å². The van der Waals surface area contributed by atoms with Crippen LogP contribution in [0.25, 0.3) is 0 Å². The van der Waals surface area contributed by atoms with E-state index in [1.165, 1.54) is 5.56 Å². The van der Waals surface area contributed by atoms with Crippen LogP contribution in [0.15, 0.2) is 30.7 Å². The molecule has 4 heteroatoms. The summed E-state index contributed by atoms with van der Waals surface area (Å²) in [6.07, 6.45) is 6.90. The third kappa shape index (κ3) is 3.20. The summed E-state index contributed by atoms with van der Waals surface area (Å²) in [5.41, 5.74) is 2.26. The second-order valence-electron chi connectivity index (χ2n) is 4.70. The first-order chi connectivity index (χ1) is 9.26. The molecule has 0 aliphatic heterocycles. The number of imidazole rings is 1. The maximum absolute atomic E-state index is 4.54. The van der Waals surface area contributed by atoms with Gasteiger partial charge in [0.05, 0.1) is 6.04 Å². The number of hydrogen-bond acceptors (Lipinski definition) is 3. The normalized spacial score (nSPS) is 12.6. The Morgan fingerprint density at radius 3 is 2.79 bits per heavy atom. The van der Waals surface area contributed by atoms with Crippen LogP contribution < -0.4 is 5.32 Å². The van der Waals surface area contributed by atoms with Crippen molar-refractivity contribution in [1.82, 2.24) is 19.9 Å². The molecule has 2 rings (SSSR count). The zero-order valence-corrected chi connectivity index (χ0v) is 11.9. The molecule has 0 radical (unpaired) electrons. The first-order valence-corrected chi connectivity index (χ1v) is 6.93. The molecule has 0 amide bonds. The number of rotatable bonds is 6. The highest BCUT2D eigenvalue weighted by Crippen LogP contribution is 2.21. The van der Waals surface area contributed by atoms with Gasteiger partial charge in [0.25, 0.3) is 0 Å². The quantitative estimate of drug-likeness (QED) is 0.866. The molecule has 4 nitrogen and oxygen atoms in total. The summed E-state index contributed by atoms with van der Waals surface area (Å²) in [5, 5.41) is 3.52. The Morgan fingerprint density at radius 2 is 2.11 bits per heavy atom. The van der Waals surface area contributed by atoms with Gasteiger partial charge in [0.2, 0.25) is 0 Å². The SMILES string of the molecule is CCCn1ccnc1C(NCC)c1ccnc(C)c1. The van der Waals surface area contributed by atoms with Crippen molar-refractivity contribution >= 4 is 0 Å². The van der Waals surface area contributed by atoms with Crippen LogP contribution in [0.4, 0.5) is 0 Å². The van der Waals surface area contributed by atoms with E-state index in [-0.39, 0.29) is 6.04 Å². The lowest BCUT2D eigenvalue weighted by Crippen LogP contribution is -2.25. The Morgan fingerprint density at radius 1 is 1.26 bits per heavy atom. The minimum atomic E-state index is 0.133. The molecule has 0 saturated heterocycles. The predicted molar refractivity (Wildman–Crippen MR) is 77.0 cm³/mol. The maximum Gasteiger partial charge on any atom is 0.130 e. The van der Waals surface area contributed by atoms with Crippen LogP contribution in [0.1, 0.15) is 43.4 Å². The molecule has 1 N–H and O–H groups in total. The number of aromatic nitrogens is 3. The minimum Gasteiger partial charge on any atom is -0.333 e. The van der Waals surface area contributed by atoms with Crippen LogP contribution in [-0.2, 0) is 6.54 Å². The standard InChI is InChI=1S/C15H22N4/c1-4-9-19-10-8-18-15(19)14(16-5-2)13-6-7-17-12(3)11-13/h6-8,10-11,14,16H,4-5,9H2,1-3H3. The molecule has 0 fully saturated rings. The molecule has 2 heterocycles. The topological polar surface area (TPSA) is 42.7 Å². The highest BCUT2D eigenvalue weighted by molar-refractivity contribution is 5.25. The van der Waals surface area contributed by atoms with Gasteiger partial charge in [-0.3, -0.25) is 4.98 Å². The Hall–Kier alpha value is -1.68. The van der Waals surface area contributed by atoms with E-state index >= 15 is 0 Å². The van der Waals surface area contributed by atoms with Crippen molar-refractivity contribution in [2.24, 2.45) is 0 Å². The van der Waals surface area contributed by atoms with Gasteiger partial charge in [0, 0.05) is 30.8 Å². The molecule has 0 saturated carbocycles.